The standard InChI is InChI=1S/C22H24ClN3O3S/c1-2-3-4-5-6-21(27)20-15-26(18-11-13-19(14-12-18)30(24,28)29)22(25-20)16-7-9-17(23)10-8-16/h7-15H,2-6H2,1H3,(H2,24,28,29). The van der Waals surface area contributed by atoms with Gasteiger partial charge in [-0.25, -0.2) is 18.5 Å². The van der Waals surface area contributed by atoms with Gasteiger partial charge in [-0.15, -0.1) is 0 Å². The molecule has 3 aromatic rings. The van der Waals surface area contributed by atoms with Crippen LogP contribution in [0.2, 0.25) is 5.02 Å². The lowest BCUT2D eigenvalue weighted by atomic mass is 10.1. The van der Waals surface area contributed by atoms with Crippen LogP contribution >= 0.6 is 11.6 Å². The normalized spacial score (nSPS) is 11.6. The minimum absolute atomic E-state index is 0.0128. The molecule has 0 bridgehead atoms. The molecular weight excluding hydrogens is 422 g/mol. The molecule has 30 heavy (non-hydrogen) atoms. The SMILES string of the molecule is CCCCCCC(=O)c1cn(-c2ccc(S(N)(=O)=O)cc2)c(-c2ccc(Cl)cc2)n1. The molecular formula is C22H24ClN3O3S. The Morgan fingerprint density at radius 3 is 2.30 bits per heavy atom. The molecule has 0 atom stereocenters. The van der Waals surface area contributed by atoms with E-state index in [-0.39, 0.29) is 10.7 Å². The number of nitrogens with zero attached hydrogens (tertiary/aromatic N) is 2. The molecule has 1 aromatic heterocycles. The van der Waals surface area contributed by atoms with Gasteiger partial charge in [0.05, 0.1) is 4.90 Å². The van der Waals surface area contributed by atoms with Crippen LogP contribution < -0.4 is 5.14 Å². The average Bonchev–Trinajstić information content (AvgIpc) is 3.16. The molecule has 158 valence electrons. The van der Waals surface area contributed by atoms with Gasteiger partial charge in [0.1, 0.15) is 11.5 Å². The fraction of sp³-hybridized carbons (Fsp3) is 0.273. The molecule has 0 saturated carbocycles. The maximum atomic E-state index is 12.7. The van der Waals surface area contributed by atoms with Crippen molar-refractivity contribution < 1.29 is 13.2 Å². The quantitative estimate of drug-likeness (QED) is 0.370. The van der Waals surface area contributed by atoms with E-state index in [0.29, 0.717) is 28.6 Å². The van der Waals surface area contributed by atoms with Gasteiger partial charge < -0.3 is 0 Å². The Morgan fingerprint density at radius 1 is 1.03 bits per heavy atom. The van der Waals surface area contributed by atoms with Gasteiger partial charge in [-0.1, -0.05) is 37.8 Å². The van der Waals surface area contributed by atoms with Gasteiger partial charge in [0.2, 0.25) is 10.0 Å². The monoisotopic (exact) mass is 445 g/mol. The molecule has 0 aliphatic rings. The number of hydrogen-bond acceptors (Lipinski definition) is 4. The van der Waals surface area contributed by atoms with Crippen LogP contribution in [-0.4, -0.2) is 23.8 Å². The summed E-state index contributed by atoms with van der Waals surface area (Å²) < 4.78 is 24.9. The van der Waals surface area contributed by atoms with E-state index in [1.165, 1.54) is 12.1 Å². The van der Waals surface area contributed by atoms with Crippen LogP contribution in [0.1, 0.15) is 49.5 Å². The average molecular weight is 446 g/mol. The number of benzene rings is 2. The summed E-state index contributed by atoms with van der Waals surface area (Å²) in [7, 11) is -3.79. The molecule has 0 unspecified atom stereocenters. The summed E-state index contributed by atoms with van der Waals surface area (Å²) in [5, 5.41) is 5.79. The zero-order valence-corrected chi connectivity index (χ0v) is 18.3. The maximum Gasteiger partial charge on any atom is 0.238 e. The molecule has 2 aromatic carbocycles. The van der Waals surface area contributed by atoms with Gasteiger partial charge >= 0.3 is 0 Å². The Kier molecular flexibility index (Phi) is 7.07. The first-order chi connectivity index (χ1) is 14.3. The summed E-state index contributed by atoms with van der Waals surface area (Å²) in [6.07, 6.45) is 6.20. The first-order valence-electron chi connectivity index (χ1n) is 9.81. The molecule has 0 radical (unpaired) electrons. The second kappa shape index (κ2) is 9.55. The van der Waals surface area contributed by atoms with Gasteiger partial charge in [-0.3, -0.25) is 9.36 Å². The van der Waals surface area contributed by atoms with Gasteiger partial charge in [-0.2, -0.15) is 0 Å². The molecule has 0 spiro atoms. The molecule has 0 amide bonds. The lowest BCUT2D eigenvalue weighted by molar-refractivity contribution is 0.0975. The Hall–Kier alpha value is -2.48. The maximum absolute atomic E-state index is 12.7. The van der Waals surface area contributed by atoms with Crippen molar-refractivity contribution in [2.24, 2.45) is 5.14 Å². The zero-order valence-electron chi connectivity index (χ0n) is 16.7. The van der Waals surface area contributed by atoms with E-state index in [0.717, 1.165) is 31.2 Å². The van der Waals surface area contributed by atoms with Crippen LogP contribution in [0.3, 0.4) is 0 Å². The van der Waals surface area contributed by atoms with Crippen molar-refractivity contribution in [2.75, 3.05) is 0 Å². The number of imidazole rings is 1. The largest absolute Gasteiger partial charge is 0.299 e. The highest BCUT2D eigenvalue weighted by molar-refractivity contribution is 7.89. The highest BCUT2D eigenvalue weighted by atomic mass is 35.5. The number of unbranched alkanes of at least 4 members (excludes halogenated alkanes) is 3. The topological polar surface area (TPSA) is 95.0 Å². The van der Waals surface area contributed by atoms with Crippen LogP contribution in [0, 0.1) is 0 Å². The van der Waals surface area contributed by atoms with Crippen LogP contribution in [0.15, 0.2) is 59.6 Å². The Morgan fingerprint density at radius 2 is 1.70 bits per heavy atom. The molecule has 0 saturated heterocycles. The number of halogens is 1. The van der Waals surface area contributed by atoms with E-state index in [2.05, 4.69) is 11.9 Å². The summed E-state index contributed by atoms with van der Waals surface area (Å²) in [5.41, 5.74) is 1.84. The number of aromatic nitrogens is 2. The van der Waals surface area contributed by atoms with Crippen molar-refractivity contribution in [3.63, 3.8) is 0 Å². The van der Waals surface area contributed by atoms with E-state index in [1.807, 2.05) is 12.1 Å². The minimum atomic E-state index is -3.79. The summed E-state index contributed by atoms with van der Waals surface area (Å²) in [5.74, 6) is 0.563. The highest BCUT2D eigenvalue weighted by Crippen LogP contribution is 2.26. The number of ketones is 1. The van der Waals surface area contributed by atoms with Crippen molar-refractivity contribution in [3.05, 3.63) is 65.4 Å². The molecule has 6 nitrogen and oxygen atoms in total. The van der Waals surface area contributed by atoms with E-state index < -0.39 is 10.0 Å². The second-order valence-corrected chi connectivity index (χ2v) is 9.10. The summed E-state index contributed by atoms with van der Waals surface area (Å²) in [6.45, 7) is 2.13. The van der Waals surface area contributed by atoms with Crippen molar-refractivity contribution in [1.29, 1.82) is 0 Å². The Labute approximate surface area is 181 Å². The Bertz CT molecular complexity index is 1120. The van der Waals surface area contributed by atoms with Crippen LogP contribution in [0.5, 0.6) is 0 Å². The zero-order chi connectivity index (χ0) is 21.7. The molecule has 0 aliphatic heterocycles. The minimum Gasteiger partial charge on any atom is -0.299 e. The summed E-state index contributed by atoms with van der Waals surface area (Å²) in [4.78, 5) is 17.3. The smallest absolute Gasteiger partial charge is 0.238 e. The third kappa shape index (κ3) is 5.36. The Balaban J connectivity index is 1.98. The van der Waals surface area contributed by atoms with Gasteiger partial charge in [0.25, 0.3) is 0 Å². The molecule has 8 heteroatoms. The number of primary sulfonamides is 1. The van der Waals surface area contributed by atoms with Crippen molar-refractivity contribution in [1.82, 2.24) is 9.55 Å². The van der Waals surface area contributed by atoms with Gasteiger partial charge in [0.15, 0.2) is 5.78 Å². The van der Waals surface area contributed by atoms with E-state index >= 15 is 0 Å². The number of sulfonamides is 1. The first-order valence-corrected chi connectivity index (χ1v) is 11.7. The second-order valence-electron chi connectivity index (χ2n) is 7.10. The lowest BCUT2D eigenvalue weighted by Crippen LogP contribution is -2.12. The fourth-order valence-corrected chi connectivity index (χ4v) is 3.79. The van der Waals surface area contributed by atoms with E-state index in [4.69, 9.17) is 16.7 Å². The van der Waals surface area contributed by atoms with Crippen LogP contribution in [-0.2, 0) is 10.0 Å². The van der Waals surface area contributed by atoms with Crippen molar-refractivity contribution in [2.45, 2.75) is 43.9 Å². The van der Waals surface area contributed by atoms with E-state index in [1.54, 1.807) is 35.0 Å². The number of Topliss-reactive ketones (excluding diaryl/α,β-unsaturated/α-hetero) is 1. The number of carbonyl (C=O) groups excluding carboxylic acids is 1. The van der Waals surface area contributed by atoms with E-state index in [9.17, 15) is 13.2 Å². The van der Waals surface area contributed by atoms with Crippen molar-refractivity contribution >= 4 is 27.4 Å². The predicted molar refractivity (Wildman–Crippen MR) is 118 cm³/mol. The first kappa shape index (κ1) is 22.2. The molecule has 0 aliphatic carbocycles. The third-order valence-electron chi connectivity index (χ3n) is 4.79. The van der Waals surface area contributed by atoms with Crippen molar-refractivity contribution in [3.8, 4) is 17.1 Å². The van der Waals surface area contributed by atoms with Crippen LogP contribution in [0.25, 0.3) is 17.1 Å². The predicted octanol–water partition coefficient (Wildman–Crippen LogP) is 4.99. The summed E-state index contributed by atoms with van der Waals surface area (Å²) >= 11 is 6.00. The number of nitrogens with two attached hydrogens (primary N) is 1. The fourth-order valence-electron chi connectivity index (χ4n) is 3.15. The highest BCUT2D eigenvalue weighted by Gasteiger charge is 2.17. The third-order valence-corrected chi connectivity index (χ3v) is 5.98. The number of carbonyl (C=O) groups is 1. The molecule has 1 heterocycles. The lowest BCUT2D eigenvalue weighted by Gasteiger charge is -2.08. The molecule has 2 N–H and O–H groups in total. The number of rotatable bonds is 9. The van der Waals surface area contributed by atoms with Gasteiger partial charge in [0, 0.05) is 28.9 Å². The molecule has 0 fully saturated rings. The van der Waals surface area contributed by atoms with Crippen LogP contribution in [0.4, 0.5) is 0 Å². The number of hydrogen-bond donors (Lipinski definition) is 1. The molecule has 3 rings (SSSR count). The summed E-state index contributed by atoms with van der Waals surface area (Å²) in [6, 6.07) is 13.3. The van der Waals surface area contributed by atoms with Gasteiger partial charge in [-0.05, 0) is 55.0 Å².